The van der Waals surface area contributed by atoms with E-state index in [1.54, 1.807) is 0 Å². The maximum Gasteiger partial charge on any atom is 0.226 e. The molecule has 2 aliphatic heterocycles. The van der Waals surface area contributed by atoms with Crippen LogP contribution in [0.5, 0.6) is 0 Å². The van der Waals surface area contributed by atoms with Gasteiger partial charge in [0.15, 0.2) is 0 Å². The summed E-state index contributed by atoms with van der Waals surface area (Å²) in [4.78, 5) is 15.0. The molecule has 1 aliphatic carbocycles. The number of nitriles is 1. The first-order valence-corrected chi connectivity index (χ1v) is 10.0. The van der Waals surface area contributed by atoms with Crippen molar-refractivity contribution in [3.05, 3.63) is 53.6 Å². The molecule has 2 N–H and O–H groups in total. The van der Waals surface area contributed by atoms with E-state index in [-0.39, 0.29) is 36.4 Å². The Hall–Kier alpha value is -2.84. The lowest BCUT2D eigenvalue weighted by atomic mass is 9.82. The van der Waals surface area contributed by atoms with Crippen LogP contribution in [0.2, 0.25) is 0 Å². The molecule has 28 heavy (non-hydrogen) atoms. The molecule has 2 aromatic rings. The molecule has 1 amide bonds. The molecule has 0 spiro atoms. The standard InChI is InChI=1S/C23H23N3O2/c24-12-14-1-3-15(4-2-14)17-7-8-20-19(11-17)22-18(21(13-27)25-20)9-10-26(22)23(28)16-5-6-16/h1-4,7-8,11,16,18,21-22,25,27H,5-6,9-10,13H2/t18-,21+,22-/m0/s1. The zero-order valence-electron chi connectivity index (χ0n) is 15.6. The molecule has 2 aromatic carbocycles. The van der Waals surface area contributed by atoms with Crippen LogP contribution < -0.4 is 5.32 Å². The SMILES string of the molecule is N#Cc1ccc(-c2ccc3c(c2)[C@@H]2[C@@H](CCN2C(=O)C2CC2)[C@@H](CO)N3)cc1. The summed E-state index contributed by atoms with van der Waals surface area (Å²) in [7, 11) is 0. The van der Waals surface area contributed by atoms with Crippen LogP contribution in [0.25, 0.3) is 11.1 Å². The minimum absolute atomic E-state index is 0.0183. The van der Waals surface area contributed by atoms with Crippen molar-refractivity contribution in [2.45, 2.75) is 31.3 Å². The number of nitrogens with zero attached hydrogens (tertiary/aromatic N) is 2. The number of amides is 1. The summed E-state index contributed by atoms with van der Waals surface area (Å²) >= 11 is 0. The number of rotatable bonds is 3. The van der Waals surface area contributed by atoms with Crippen LogP contribution in [0.1, 0.15) is 36.4 Å². The summed E-state index contributed by atoms with van der Waals surface area (Å²) in [5.74, 6) is 0.712. The van der Waals surface area contributed by atoms with E-state index in [0.29, 0.717) is 5.56 Å². The van der Waals surface area contributed by atoms with Crippen LogP contribution in [-0.4, -0.2) is 35.1 Å². The lowest BCUT2D eigenvalue weighted by molar-refractivity contribution is -0.134. The number of likely N-dealkylation sites (tertiary alicyclic amines) is 1. The van der Waals surface area contributed by atoms with Crippen LogP contribution in [0.4, 0.5) is 5.69 Å². The van der Waals surface area contributed by atoms with Gasteiger partial charge in [-0.2, -0.15) is 5.26 Å². The van der Waals surface area contributed by atoms with Gasteiger partial charge in [-0.05, 0) is 60.2 Å². The highest BCUT2D eigenvalue weighted by molar-refractivity contribution is 5.83. The largest absolute Gasteiger partial charge is 0.394 e. The molecule has 5 rings (SSSR count). The van der Waals surface area contributed by atoms with Gasteiger partial charge in [0.2, 0.25) is 5.91 Å². The summed E-state index contributed by atoms with van der Waals surface area (Å²) in [6, 6.07) is 16.0. The second kappa shape index (κ2) is 6.65. The molecule has 0 radical (unpaired) electrons. The molecule has 5 nitrogen and oxygen atoms in total. The van der Waals surface area contributed by atoms with E-state index in [9.17, 15) is 9.90 Å². The number of benzene rings is 2. The van der Waals surface area contributed by atoms with E-state index in [0.717, 1.165) is 48.2 Å². The summed E-state index contributed by atoms with van der Waals surface area (Å²) in [5.41, 5.74) is 4.93. The molecule has 3 aliphatic rings. The summed E-state index contributed by atoms with van der Waals surface area (Å²) in [6.45, 7) is 0.840. The molecule has 0 unspecified atom stereocenters. The van der Waals surface area contributed by atoms with Crippen molar-refractivity contribution in [1.82, 2.24) is 4.90 Å². The summed E-state index contributed by atoms with van der Waals surface area (Å²) < 4.78 is 0. The fraction of sp³-hybridized carbons (Fsp3) is 0.391. The fourth-order valence-corrected chi connectivity index (χ4v) is 4.79. The van der Waals surface area contributed by atoms with Crippen molar-refractivity contribution in [2.24, 2.45) is 11.8 Å². The molecule has 0 bridgehead atoms. The first-order chi connectivity index (χ1) is 13.7. The Balaban J connectivity index is 1.55. The maximum absolute atomic E-state index is 12.9. The minimum Gasteiger partial charge on any atom is -0.394 e. The molecular weight excluding hydrogens is 350 g/mol. The topological polar surface area (TPSA) is 76.4 Å². The average molecular weight is 373 g/mol. The fourth-order valence-electron chi connectivity index (χ4n) is 4.79. The van der Waals surface area contributed by atoms with Crippen molar-refractivity contribution in [2.75, 3.05) is 18.5 Å². The van der Waals surface area contributed by atoms with Crippen LogP contribution in [0, 0.1) is 23.2 Å². The van der Waals surface area contributed by atoms with Gasteiger partial charge in [0.1, 0.15) is 0 Å². The Kier molecular flexibility index (Phi) is 4.10. The predicted octanol–water partition coefficient (Wildman–Crippen LogP) is 3.31. The van der Waals surface area contributed by atoms with Crippen LogP contribution in [0.3, 0.4) is 0 Å². The van der Waals surface area contributed by atoms with E-state index in [1.165, 1.54) is 0 Å². The number of hydrogen-bond donors (Lipinski definition) is 2. The van der Waals surface area contributed by atoms with Gasteiger partial charge in [0.25, 0.3) is 0 Å². The van der Waals surface area contributed by atoms with E-state index < -0.39 is 0 Å². The normalized spacial score (nSPS) is 25.4. The van der Waals surface area contributed by atoms with Crippen LogP contribution in [0.15, 0.2) is 42.5 Å². The first kappa shape index (κ1) is 17.3. The van der Waals surface area contributed by atoms with E-state index in [4.69, 9.17) is 5.26 Å². The van der Waals surface area contributed by atoms with Crippen LogP contribution >= 0.6 is 0 Å². The number of carbonyl (C=O) groups is 1. The summed E-state index contributed by atoms with van der Waals surface area (Å²) in [6.07, 6.45) is 2.93. The Morgan fingerprint density at radius 3 is 2.57 bits per heavy atom. The molecule has 1 saturated heterocycles. The predicted molar refractivity (Wildman–Crippen MR) is 106 cm³/mol. The van der Waals surface area contributed by atoms with Crippen LogP contribution in [-0.2, 0) is 4.79 Å². The lowest BCUT2D eigenvalue weighted by Gasteiger charge is -2.39. The third kappa shape index (κ3) is 2.76. The van der Waals surface area contributed by atoms with Gasteiger partial charge in [0, 0.05) is 24.1 Å². The number of aliphatic hydroxyl groups is 1. The molecule has 2 heterocycles. The third-order valence-corrected chi connectivity index (χ3v) is 6.43. The smallest absolute Gasteiger partial charge is 0.226 e. The minimum atomic E-state index is -0.0183. The van der Waals surface area contributed by atoms with Gasteiger partial charge in [-0.25, -0.2) is 0 Å². The van der Waals surface area contributed by atoms with E-state index >= 15 is 0 Å². The number of hydrogen-bond acceptors (Lipinski definition) is 4. The Morgan fingerprint density at radius 1 is 1.14 bits per heavy atom. The van der Waals surface area contributed by atoms with Crippen molar-refractivity contribution in [1.29, 1.82) is 5.26 Å². The van der Waals surface area contributed by atoms with Crippen molar-refractivity contribution in [3.63, 3.8) is 0 Å². The van der Waals surface area contributed by atoms with Gasteiger partial charge < -0.3 is 15.3 Å². The number of fused-ring (bicyclic) bond motifs is 3. The first-order valence-electron chi connectivity index (χ1n) is 10.0. The molecule has 142 valence electrons. The molecule has 5 heteroatoms. The quantitative estimate of drug-likeness (QED) is 0.865. The molecule has 1 saturated carbocycles. The number of carbonyl (C=O) groups excluding carboxylic acids is 1. The maximum atomic E-state index is 12.9. The highest BCUT2D eigenvalue weighted by Gasteiger charge is 2.48. The Morgan fingerprint density at radius 2 is 1.89 bits per heavy atom. The molecular formula is C23H23N3O2. The van der Waals surface area contributed by atoms with Gasteiger partial charge in [0.05, 0.1) is 30.3 Å². The number of anilines is 1. The van der Waals surface area contributed by atoms with Crippen molar-refractivity contribution >= 4 is 11.6 Å². The molecule has 2 fully saturated rings. The molecule has 3 atom stereocenters. The monoisotopic (exact) mass is 373 g/mol. The van der Waals surface area contributed by atoms with Gasteiger partial charge in [-0.3, -0.25) is 4.79 Å². The average Bonchev–Trinajstić information content (AvgIpc) is 3.50. The zero-order chi connectivity index (χ0) is 19.3. The highest BCUT2D eigenvalue weighted by Crippen LogP contribution is 2.49. The molecule has 0 aromatic heterocycles. The Bertz CT molecular complexity index is 959. The van der Waals surface area contributed by atoms with Gasteiger partial charge >= 0.3 is 0 Å². The highest BCUT2D eigenvalue weighted by atomic mass is 16.3. The number of aliphatic hydroxyl groups excluding tert-OH is 1. The summed E-state index contributed by atoms with van der Waals surface area (Å²) in [5, 5.41) is 22.4. The van der Waals surface area contributed by atoms with E-state index in [1.807, 2.05) is 24.3 Å². The lowest BCUT2D eigenvalue weighted by Crippen LogP contribution is -2.43. The van der Waals surface area contributed by atoms with Gasteiger partial charge in [-0.15, -0.1) is 0 Å². The third-order valence-electron chi connectivity index (χ3n) is 6.43. The Labute approximate surface area is 164 Å². The second-order valence-electron chi connectivity index (χ2n) is 8.13. The second-order valence-corrected chi connectivity index (χ2v) is 8.13. The zero-order valence-corrected chi connectivity index (χ0v) is 15.6. The van der Waals surface area contributed by atoms with Crippen molar-refractivity contribution < 1.29 is 9.90 Å². The van der Waals surface area contributed by atoms with E-state index in [2.05, 4.69) is 34.5 Å². The van der Waals surface area contributed by atoms with Crippen molar-refractivity contribution in [3.8, 4) is 17.2 Å². The number of nitrogens with one attached hydrogen (secondary N) is 1. The van der Waals surface area contributed by atoms with Gasteiger partial charge in [-0.1, -0.05) is 18.2 Å².